The Morgan fingerprint density at radius 2 is 2.83 bits per heavy atom. The Bertz CT molecular complexity index is 86.9. The summed E-state index contributed by atoms with van der Waals surface area (Å²) in [6, 6.07) is 0. The van der Waals surface area contributed by atoms with Crippen LogP contribution in [0.4, 0.5) is 0 Å². The lowest BCUT2D eigenvalue weighted by atomic mass is 10.9. The van der Waals surface area contributed by atoms with E-state index in [0.29, 0.717) is 0 Å². The molecule has 0 heterocycles. The van der Waals surface area contributed by atoms with Crippen molar-refractivity contribution in [3.05, 3.63) is 0 Å². The van der Waals surface area contributed by atoms with Crippen LogP contribution in [-0.2, 0) is 9.09 Å². The molecule has 1 N–H and O–H groups in total. The van der Waals surface area contributed by atoms with Crippen LogP contribution >= 0.6 is 8.20 Å². The van der Waals surface area contributed by atoms with Crippen molar-refractivity contribution >= 4 is 8.20 Å². The zero-order chi connectivity index (χ0) is 5.91. The standard InChI is InChI=1S/C2H7O3P/c1-2-5-6(3)4/h6H,2H2,1H3,(H,3,4)/i6D. The van der Waals surface area contributed by atoms with Crippen molar-refractivity contribution in [2.45, 2.75) is 6.92 Å². The molecular weight excluding hydrogens is 103 g/mol. The van der Waals surface area contributed by atoms with Crippen LogP contribution in [0.25, 0.3) is 0 Å². The molecule has 0 aliphatic carbocycles. The Balaban J connectivity index is 3.36. The van der Waals surface area contributed by atoms with E-state index in [-0.39, 0.29) is 6.61 Å². The summed E-state index contributed by atoms with van der Waals surface area (Å²) in [6.07, 6.45) is 0. The first kappa shape index (κ1) is 4.31. The van der Waals surface area contributed by atoms with Crippen molar-refractivity contribution in [3.8, 4) is 0 Å². The molecule has 0 saturated heterocycles. The third-order valence-electron chi connectivity index (χ3n) is 0.240. The van der Waals surface area contributed by atoms with Crippen LogP contribution in [0.2, 0.25) is 0 Å². The minimum absolute atomic E-state index is 0.108. The Morgan fingerprint density at radius 3 is 2.83 bits per heavy atom. The fraction of sp³-hybridized carbons (Fsp3) is 1.00. The van der Waals surface area contributed by atoms with Gasteiger partial charge in [-0.2, -0.15) is 0 Å². The minimum Gasteiger partial charge on any atom is -0.326 e. The van der Waals surface area contributed by atoms with Crippen LogP contribution in [0.5, 0.6) is 0 Å². The summed E-state index contributed by atoms with van der Waals surface area (Å²) in [4.78, 5) is 8.02. The van der Waals surface area contributed by atoms with E-state index in [1.54, 1.807) is 6.92 Å². The van der Waals surface area contributed by atoms with Crippen LogP contribution < -0.4 is 0 Å². The number of hydrogen-bond acceptors (Lipinski definition) is 2. The lowest BCUT2D eigenvalue weighted by molar-refractivity contribution is 0.297. The normalized spacial score (nSPS) is 22.0. The summed E-state index contributed by atoms with van der Waals surface area (Å²) < 4.78 is 20.0. The SMILES string of the molecule is [2H]P(=O)(O)OCC. The molecular formula is C2H7O3P. The molecule has 0 amide bonds. The van der Waals surface area contributed by atoms with Gasteiger partial charge in [-0.05, 0) is 6.92 Å². The molecule has 0 rings (SSSR count). The van der Waals surface area contributed by atoms with Gasteiger partial charge in [0.1, 0.15) is 0 Å². The molecule has 0 saturated carbocycles. The van der Waals surface area contributed by atoms with Crippen molar-refractivity contribution in [1.29, 1.82) is 1.28 Å². The molecule has 0 aliphatic heterocycles. The molecule has 0 aliphatic rings. The maximum absolute atomic E-state index is 9.81. The largest absolute Gasteiger partial charge is 0.326 e. The minimum atomic E-state index is -3.92. The molecule has 38 valence electrons. The van der Waals surface area contributed by atoms with Gasteiger partial charge in [-0.25, -0.2) is 0 Å². The first-order valence-corrected chi connectivity index (χ1v) is 2.69. The van der Waals surface area contributed by atoms with Gasteiger partial charge in [-0.3, -0.25) is 4.57 Å². The van der Waals surface area contributed by atoms with Crippen molar-refractivity contribution in [2.75, 3.05) is 6.61 Å². The van der Waals surface area contributed by atoms with E-state index in [2.05, 4.69) is 4.52 Å². The van der Waals surface area contributed by atoms with Gasteiger partial charge in [0.05, 0.1) is 6.61 Å². The van der Waals surface area contributed by atoms with Gasteiger partial charge in [0, 0.05) is 0 Å². The molecule has 0 aromatic rings. The highest BCUT2D eigenvalue weighted by Crippen LogP contribution is 2.12. The fourth-order valence-corrected chi connectivity index (χ4v) is 0.331. The van der Waals surface area contributed by atoms with Crippen molar-refractivity contribution in [1.82, 2.24) is 0 Å². The van der Waals surface area contributed by atoms with E-state index in [0.717, 1.165) is 0 Å². The Kier molecular flexibility index (Phi) is 2.40. The van der Waals surface area contributed by atoms with Crippen LogP contribution in [0.3, 0.4) is 0 Å². The average Bonchev–Trinajstić information content (AvgIpc) is 1.30. The molecule has 0 radical (unpaired) electrons. The summed E-state index contributed by atoms with van der Waals surface area (Å²) >= 11 is 0. The van der Waals surface area contributed by atoms with Crippen LogP contribution in [0.15, 0.2) is 0 Å². The summed E-state index contributed by atoms with van der Waals surface area (Å²) in [6.45, 7) is 1.66. The zero-order valence-electron chi connectivity index (χ0n) is 4.42. The fourth-order valence-electron chi connectivity index (χ4n) is 0.110. The van der Waals surface area contributed by atoms with Crippen molar-refractivity contribution < 1.29 is 14.0 Å². The maximum atomic E-state index is 9.81. The Morgan fingerprint density at radius 1 is 2.33 bits per heavy atom. The molecule has 4 heteroatoms. The summed E-state index contributed by atoms with van der Waals surface area (Å²) in [5.74, 6) is 0. The smallest absolute Gasteiger partial charge is 0.316 e. The van der Waals surface area contributed by atoms with Crippen LogP contribution in [0.1, 0.15) is 6.92 Å². The van der Waals surface area contributed by atoms with Gasteiger partial charge in [0.2, 0.25) is 0 Å². The number of hydrogen-bond donors (Lipinski definition) is 1. The molecule has 3 nitrogen and oxygen atoms in total. The third kappa shape index (κ3) is 4.15. The second-order valence-corrected chi connectivity index (χ2v) is 1.39. The lowest BCUT2D eigenvalue weighted by Crippen LogP contribution is -1.72. The van der Waals surface area contributed by atoms with Gasteiger partial charge in [-0.15, -0.1) is 0 Å². The van der Waals surface area contributed by atoms with Gasteiger partial charge in [0.15, 0.2) is 1.28 Å². The van der Waals surface area contributed by atoms with Gasteiger partial charge >= 0.3 is 8.20 Å². The number of rotatable bonds is 2. The summed E-state index contributed by atoms with van der Waals surface area (Å²) in [5.41, 5.74) is 0. The van der Waals surface area contributed by atoms with E-state index in [9.17, 15) is 4.57 Å². The van der Waals surface area contributed by atoms with E-state index >= 15 is 0 Å². The molecule has 1 atom stereocenters. The summed E-state index contributed by atoms with van der Waals surface area (Å²) in [5, 5.41) is 0. The van der Waals surface area contributed by atoms with Gasteiger partial charge in [-0.1, -0.05) is 0 Å². The quantitative estimate of drug-likeness (QED) is 0.525. The van der Waals surface area contributed by atoms with E-state index in [1.807, 2.05) is 0 Å². The third-order valence-corrected chi connectivity index (χ3v) is 0.719. The molecule has 0 bridgehead atoms. The molecule has 0 aromatic heterocycles. The molecule has 0 aromatic carbocycles. The van der Waals surface area contributed by atoms with Crippen molar-refractivity contribution in [3.63, 3.8) is 0 Å². The van der Waals surface area contributed by atoms with Crippen LogP contribution in [0, 0.1) is 0 Å². The Labute approximate surface area is 38.2 Å². The molecule has 6 heavy (non-hydrogen) atoms. The lowest BCUT2D eigenvalue weighted by Gasteiger charge is -1.86. The first-order valence-electron chi connectivity index (χ1n) is 2.01. The van der Waals surface area contributed by atoms with Gasteiger partial charge in [0.25, 0.3) is 0 Å². The molecule has 0 spiro atoms. The summed E-state index contributed by atoms with van der Waals surface area (Å²) in [7, 11) is -3.92. The van der Waals surface area contributed by atoms with E-state index in [4.69, 9.17) is 6.17 Å². The average molecular weight is 111 g/mol. The second kappa shape index (κ2) is 3.34. The molecule has 1 unspecified atom stereocenters. The monoisotopic (exact) mass is 111 g/mol. The first-order chi connectivity index (χ1) is 3.06. The highest BCUT2D eigenvalue weighted by Gasteiger charge is 1.81. The second-order valence-electron chi connectivity index (χ2n) is 0.656. The topological polar surface area (TPSA) is 46.5 Å². The maximum Gasteiger partial charge on any atom is 0.316 e. The predicted octanol–water partition coefficient (Wildman–Crippen LogP) is 0.405. The highest BCUT2D eigenvalue weighted by atomic mass is 31.1. The van der Waals surface area contributed by atoms with E-state index in [1.165, 1.54) is 0 Å². The highest BCUT2D eigenvalue weighted by molar-refractivity contribution is 7.32. The molecule has 0 fully saturated rings. The zero-order valence-corrected chi connectivity index (χ0v) is 4.31. The van der Waals surface area contributed by atoms with E-state index < -0.39 is 8.20 Å². The van der Waals surface area contributed by atoms with Crippen molar-refractivity contribution in [2.24, 2.45) is 0 Å². The van der Waals surface area contributed by atoms with Crippen LogP contribution in [-0.4, -0.2) is 12.8 Å². The predicted molar refractivity (Wildman–Crippen MR) is 22.8 cm³/mol. The van der Waals surface area contributed by atoms with Gasteiger partial charge < -0.3 is 9.42 Å². The Hall–Kier alpha value is 0.150.